The molecule has 0 bridgehead atoms. The molecule has 0 aliphatic rings. The maximum Gasteiger partial charge on any atom is 0.270 e. The highest BCUT2D eigenvalue weighted by atomic mass is 35.5. The molecular formula is C16H20ClN3O4S. The Morgan fingerprint density at radius 1 is 1.16 bits per heavy atom. The van der Waals surface area contributed by atoms with Gasteiger partial charge in [-0.05, 0) is 18.1 Å². The van der Waals surface area contributed by atoms with Crippen LogP contribution < -0.4 is 5.73 Å². The minimum atomic E-state index is -3.90. The maximum absolute atomic E-state index is 13.0. The SMILES string of the molecule is Cc1ccc([N+](=O)[O-])cc1S(=O)(=O)N(CCN)Cc1ccccc1.Cl. The number of hydrogen-bond donors (Lipinski definition) is 1. The van der Waals surface area contributed by atoms with Gasteiger partial charge in [0, 0.05) is 31.8 Å². The molecule has 2 N–H and O–H groups in total. The minimum absolute atomic E-state index is 0. The highest BCUT2D eigenvalue weighted by molar-refractivity contribution is 7.89. The molecule has 0 aliphatic heterocycles. The van der Waals surface area contributed by atoms with Crippen LogP contribution in [0.1, 0.15) is 11.1 Å². The number of hydrogen-bond acceptors (Lipinski definition) is 5. The Morgan fingerprint density at radius 2 is 1.80 bits per heavy atom. The van der Waals surface area contributed by atoms with E-state index >= 15 is 0 Å². The van der Waals surface area contributed by atoms with Crippen molar-refractivity contribution < 1.29 is 13.3 Å². The Kier molecular flexibility index (Phi) is 7.50. The van der Waals surface area contributed by atoms with Crippen LogP contribution in [-0.2, 0) is 16.6 Å². The van der Waals surface area contributed by atoms with Crippen LogP contribution in [-0.4, -0.2) is 30.7 Å². The quantitative estimate of drug-likeness (QED) is 0.582. The molecule has 2 rings (SSSR count). The predicted octanol–water partition coefficient (Wildman–Crippen LogP) is 2.47. The average Bonchev–Trinajstić information content (AvgIpc) is 2.55. The minimum Gasteiger partial charge on any atom is -0.329 e. The van der Waals surface area contributed by atoms with Crippen LogP contribution in [0.2, 0.25) is 0 Å². The fourth-order valence-electron chi connectivity index (χ4n) is 2.33. The number of nitro groups is 1. The predicted molar refractivity (Wildman–Crippen MR) is 98.2 cm³/mol. The van der Waals surface area contributed by atoms with Crippen molar-refractivity contribution in [2.45, 2.75) is 18.4 Å². The summed E-state index contributed by atoms with van der Waals surface area (Å²) in [6.45, 7) is 2.04. The summed E-state index contributed by atoms with van der Waals surface area (Å²) in [5.41, 5.74) is 6.57. The Labute approximate surface area is 153 Å². The van der Waals surface area contributed by atoms with Gasteiger partial charge in [-0.2, -0.15) is 4.31 Å². The van der Waals surface area contributed by atoms with Gasteiger partial charge in [0.1, 0.15) is 0 Å². The number of non-ortho nitro benzene ring substituents is 1. The zero-order valence-electron chi connectivity index (χ0n) is 13.7. The molecule has 0 fully saturated rings. The van der Waals surface area contributed by atoms with E-state index in [4.69, 9.17) is 5.73 Å². The summed E-state index contributed by atoms with van der Waals surface area (Å²) in [5.74, 6) is 0. The number of benzene rings is 2. The van der Waals surface area contributed by atoms with Crippen molar-refractivity contribution in [1.29, 1.82) is 0 Å². The fraction of sp³-hybridized carbons (Fsp3) is 0.250. The van der Waals surface area contributed by atoms with Crippen molar-refractivity contribution >= 4 is 28.1 Å². The standard InChI is InChI=1S/C16H19N3O4S.ClH/c1-13-7-8-15(19(20)21)11-16(13)24(22,23)18(10-9-17)12-14-5-3-2-4-6-14;/h2-8,11H,9-10,12,17H2,1H3;1H. The van der Waals surface area contributed by atoms with Gasteiger partial charge < -0.3 is 5.73 Å². The lowest BCUT2D eigenvalue weighted by Crippen LogP contribution is -2.35. The van der Waals surface area contributed by atoms with E-state index in [-0.39, 0.29) is 42.6 Å². The van der Waals surface area contributed by atoms with Crippen LogP contribution in [0, 0.1) is 17.0 Å². The number of nitrogens with zero attached hydrogens (tertiary/aromatic N) is 2. The number of halogens is 1. The summed E-state index contributed by atoms with van der Waals surface area (Å²) < 4.78 is 27.2. The highest BCUT2D eigenvalue weighted by Gasteiger charge is 2.27. The largest absolute Gasteiger partial charge is 0.329 e. The second-order valence-corrected chi connectivity index (χ2v) is 7.23. The van der Waals surface area contributed by atoms with Gasteiger partial charge in [0.05, 0.1) is 9.82 Å². The third-order valence-corrected chi connectivity index (χ3v) is 5.57. The first-order chi connectivity index (χ1) is 11.4. The molecule has 0 unspecified atom stereocenters. The molecule has 0 aromatic heterocycles. The van der Waals surface area contributed by atoms with Gasteiger partial charge in [-0.25, -0.2) is 8.42 Å². The Balaban J connectivity index is 0.00000312. The monoisotopic (exact) mass is 385 g/mol. The highest BCUT2D eigenvalue weighted by Crippen LogP contribution is 2.25. The molecule has 0 aliphatic carbocycles. The molecule has 0 saturated heterocycles. The van der Waals surface area contributed by atoms with Gasteiger partial charge in [0.15, 0.2) is 0 Å². The smallest absolute Gasteiger partial charge is 0.270 e. The first-order valence-corrected chi connectivity index (χ1v) is 8.79. The van der Waals surface area contributed by atoms with Gasteiger partial charge in [-0.1, -0.05) is 36.4 Å². The van der Waals surface area contributed by atoms with Crippen LogP contribution in [0.3, 0.4) is 0 Å². The van der Waals surface area contributed by atoms with Gasteiger partial charge in [0.25, 0.3) is 5.69 Å². The van der Waals surface area contributed by atoms with E-state index in [9.17, 15) is 18.5 Å². The van der Waals surface area contributed by atoms with Crippen molar-refractivity contribution in [2.75, 3.05) is 13.1 Å². The Bertz CT molecular complexity index is 829. The van der Waals surface area contributed by atoms with E-state index in [1.807, 2.05) is 30.3 Å². The molecule has 7 nitrogen and oxygen atoms in total. The van der Waals surface area contributed by atoms with Crippen molar-refractivity contribution in [1.82, 2.24) is 4.31 Å². The van der Waals surface area contributed by atoms with E-state index in [2.05, 4.69) is 0 Å². The van der Waals surface area contributed by atoms with E-state index in [1.54, 1.807) is 6.92 Å². The Hall–Kier alpha value is -2.00. The molecule has 136 valence electrons. The molecule has 0 atom stereocenters. The lowest BCUT2D eigenvalue weighted by atomic mass is 10.2. The van der Waals surface area contributed by atoms with Gasteiger partial charge >= 0.3 is 0 Å². The zero-order chi connectivity index (χ0) is 17.7. The lowest BCUT2D eigenvalue weighted by Gasteiger charge is -2.22. The van der Waals surface area contributed by atoms with Crippen molar-refractivity contribution in [3.05, 3.63) is 69.8 Å². The van der Waals surface area contributed by atoms with E-state index in [0.717, 1.165) is 11.6 Å². The summed E-state index contributed by atoms with van der Waals surface area (Å²) in [5, 5.41) is 11.0. The second-order valence-electron chi connectivity index (χ2n) is 5.32. The van der Waals surface area contributed by atoms with E-state index in [0.29, 0.717) is 5.56 Å². The molecule has 9 heteroatoms. The van der Waals surface area contributed by atoms with Crippen LogP contribution in [0.25, 0.3) is 0 Å². The summed E-state index contributed by atoms with van der Waals surface area (Å²) in [4.78, 5) is 10.3. The third-order valence-electron chi connectivity index (χ3n) is 3.58. The van der Waals surface area contributed by atoms with E-state index < -0.39 is 14.9 Å². The van der Waals surface area contributed by atoms with Crippen molar-refractivity contribution in [2.24, 2.45) is 5.73 Å². The molecule has 0 heterocycles. The summed E-state index contributed by atoms with van der Waals surface area (Å²) >= 11 is 0. The van der Waals surface area contributed by atoms with Crippen molar-refractivity contribution in [3.63, 3.8) is 0 Å². The third kappa shape index (κ3) is 4.99. The van der Waals surface area contributed by atoms with Crippen LogP contribution >= 0.6 is 12.4 Å². The number of aryl methyl sites for hydroxylation is 1. The number of rotatable bonds is 7. The second kappa shape index (κ2) is 8.91. The van der Waals surface area contributed by atoms with E-state index in [1.165, 1.54) is 16.4 Å². The van der Waals surface area contributed by atoms with Gasteiger partial charge in [0.2, 0.25) is 10.0 Å². The first kappa shape index (κ1) is 21.0. The number of nitrogens with two attached hydrogens (primary N) is 1. The Morgan fingerprint density at radius 3 is 2.36 bits per heavy atom. The summed E-state index contributed by atoms with van der Waals surface area (Å²) in [6.07, 6.45) is 0. The molecule has 0 saturated carbocycles. The fourth-order valence-corrected chi connectivity index (χ4v) is 4.02. The average molecular weight is 386 g/mol. The molecule has 0 radical (unpaired) electrons. The molecule has 0 spiro atoms. The van der Waals surface area contributed by atoms with Crippen LogP contribution in [0.5, 0.6) is 0 Å². The van der Waals surface area contributed by atoms with Gasteiger partial charge in [-0.15, -0.1) is 12.4 Å². The molecule has 0 amide bonds. The summed E-state index contributed by atoms with van der Waals surface area (Å²) in [7, 11) is -3.90. The number of nitro benzene ring substituents is 1. The molecular weight excluding hydrogens is 366 g/mol. The summed E-state index contributed by atoms with van der Waals surface area (Å²) in [6, 6.07) is 12.9. The van der Waals surface area contributed by atoms with Crippen LogP contribution in [0.15, 0.2) is 53.4 Å². The van der Waals surface area contributed by atoms with Crippen molar-refractivity contribution in [3.8, 4) is 0 Å². The van der Waals surface area contributed by atoms with Gasteiger partial charge in [-0.3, -0.25) is 10.1 Å². The first-order valence-electron chi connectivity index (χ1n) is 7.35. The van der Waals surface area contributed by atoms with Crippen LogP contribution in [0.4, 0.5) is 5.69 Å². The topological polar surface area (TPSA) is 107 Å². The molecule has 2 aromatic carbocycles. The maximum atomic E-state index is 13.0. The normalized spacial score (nSPS) is 11.2. The zero-order valence-corrected chi connectivity index (χ0v) is 15.3. The lowest BCUT2D eigenvalue weighted by molar-refractivity contribution is -0.385. The molecule has 25 heavy (non-hydrogen) atoms. The molecule has 2 aromatic rings. The number of sulfonamides is 1.